The minimum Gasteiger partial charge on any atom is -0.312 e. The Morgan fingerprint density at radius 3 is 2.36 bits per heavy atom. The maximum atomic E-state index is 12.4. The summed E-state index contributed by atoms with van der Waals surface area (Å²) in [6.45, 7) is 3.30. The normalized spacial score (nSPS) is 27.8. The molecule has 0 aromatic heterocycles. The number of hydrogen-bond acceptors (Lipinski definition) is 4. The number of rotatable bonds is 4. The van der Waals surface area contributed by atoms with Gasteiger partial charge in [0.2, 0.25) is 10.0 Å². The summed E-state index contributed by atoms with van der Waals surface area (Å²) in [6, 6.07) is -0.601. The van der Waals surface area contributed by atoms with Crippen molar-refractivity contribution >= 4 is 22.0 Å². The number of sulfonamides is 1. The summed E-state index contributed by atoms with van der Waals surface area (Å²) in [5.74, 6) is 0.0760. The Hall–Kier alpha value is -1.15. The second-order valence-electron chi connectivity index (χ2n) is 6.29. The van der Waals surface area contributed by atoms with Crippen LogP contribution in [0.5, 0.6) is 0 Å². The molecule has 0 N–H and O–H groups in total. The van der Waals surface area contributed by atoms with Gasteiger partial charge in [0.25, 0.3) is 5.91 Å². The molecule has 0 radical (unpaired) electrons. The van der Waals surface area contributed by atoms with Gasteiger partial charge in [-0.3, -0.25) is 9.69 Å². The number of hydrogen-bond donors (Lipinski definition) is 0. The number of carbonyl (C=O) groups is 2. The van der Waals surface area contributed by atoms with Crippen molar-refractivity contribution < 1.29 is 18.0 Å². The Morgan fingerprint density at radius 1 is 1.09 bits per heavy atom. The van der Waals surface area contributed by atoms with E-state index in [0.29, 0.717) is 38.9 Å². The molecule has 0 bridgehead atoms. The third-order valence-electron chi connectivity index (χ3n) is 4.87. The van der Waals surface area contributed by atoms with Crippen molar-refractivity contribution in [2.45, 2.75) is 51.1 Å². The first-order valence-electron chi connectivity index (χ1n) is 8.07. The second kappa shape index (κ2) is 5.81. The van der Waals surface area contributed by atoms with Crippen molar-refractivity contribution in [2.24, 2.45) is 0 Å². The van der Waals surface area contributed by atoms with Gasteiger partial charge < -0.3 is 4.90 Å². The topological polar surface area (TPSA) is 78.0 Å². The van der Waals surface area contributed by atoms with Crippen LogP contribution >= 0.6 is 0 Å². The highest BCUT2D eigenvalue weighted by molar-refractivity contribution is 7.89. The lowest BCUT2D eigenvalue weighted by Gasteiger charge is -2.35. The minimum absolute atomic E-state index is 0.0858. The molecule has 8 heteroatoms. The van der Waals surface area contributed by atoms with Crippen LogP contribution in [0.4, 0.5) is 4.79 Å². The van der Waals surface area contributed by atoms with Crippen LogP contribution in [0.1, 0.15) is 39.0 Å². The maximum absolute atomic E-state index is 12.4. The second-order valence-corrected chi connectivity index (χ2v) is 8.38. The summed E-state index contributed by atoms with van der Waals surface area (Å²) in [5.41, 5.74) is 0. The fraction of sp³-hybridized carbons (Fsp3) is 0.857. The molecule has 3 aliphatic heterocycles. The van der Waals surface area contributed by atoms with Gasteiger partial charge in [0.15, 0.2) is 0 Å². The number of urea groups is 1. The summed E-state index contributed by atoms with van der Waals surface area (Å²) >= 11 is 0. The van der Waals surface area contributed by atoms with Gasteiger partial charge in [-0.2, -0.15) is 0 Å². The van der Waals surface area contributed by atoms with Gasteiger partial charge in [-0.05, 0) is 32.1 Å². The third kappa shape index (κ3) is 2.52. The van der Waals surface area contributed by atoms with E-state index < -0.39 is 10.0 Å². The molecular formula is C14H23N3O4S. The SMILES string of the molecule is CCCS(=O)(=O)N1CCC(N2C(=O)C3CCCN3C2=O)CC1. The van der Waals surface area contributed by atoms with Crippen LogP contribution in [0.25, 0.3) is 0 Å². The van der Waals surface area contributed by atoms with Crippen LogP contribution in [0.3, 0.4) is 0 Å². The summed E-state index contributed by atoms with van der Waals surface area (Å²) < 4.78 is 25.6. The molecule has 3 aliphatic rings. The van der Waals surface area contributed by atoms with Crippen LogP contribution < -0.4 is 0 Å². The first-order chi connectivity index (χ1) is 10.5. The van der Waals surface area contributed by atoms with Gasteiger partial charge in [0.1, 0.15) is 6.04 Å². The molecule has 3 fully saturated rings. The van der Waals surface area contributed by atoms with Crippen molar-refractivity contribution in [3.8, 4) is 0 Å². The van der Waals surface area contributed by atoms with Gasteiger partial charge in [-0.15, -0.1) is 0 Å². The van der Waals surface area contributed by atoms with Crippen LogP contribution in [-0.2, 0) is 14.8 Å². The molecule has 0 saturated carbocycles. The van der Waals surface area contributed by atoms with E-state index in [9.17, 15) is 18.0 Å². The molecule has 1 atom stereocenters. The Balaban J connectivity index is 1.65. The summed E-state index contributed by atoms with van der Waals surface area (Å²) in [5, 5.41) is 0. The highest BCUT2D eigenvalue weighted by Gasteiger charge is 2.50. The first-order valence-corrected chi connectivity index (χ1v) is 9.68. The fourth-order valence-corrected chi connectivity index (χ4v) is 5.29. The molecule has 0 aromatic rings. The molecule has 3 saturated heterocycles. The molecule has 3 amide bonds. The number of imide groups is 1. The smallest absolute Gasteiger partial charge is 0.312 e. The lowest BCUT2D eigenvalue weighted by atomic mass is 10.0. The van der Waals surface area contributed by atoms with Gasteiger partial charge in [-0.25, -0.2) is 17.5 Å². The van der Waals surface area contributed by atoms with E-state index in [1.54, 1.807) is 4.90 Å². The summed E-state index contributed by atoms with van der Waals surface area (Å²) in [4.78, 5) is 27.9. The van der Waals surface area contributed by atoms with E-state index in [-0.39, 0.29) is 29.8 Å². The molecule has 0 aliphatic carbocycles. The van der Waals surface area contributed by atoms with Crippen molar-refractivity contribution in [3.63, 3.8) is 0 Å². The summed E-state index contributed by atoms with van der Waals surface area (Å²) in [6.07, 6.45) is 3.33. The lowest BCUT2D eigenvalue weighted by Crippen LogP contribution is -2.49. The predicted octanol–water partition coefficient (Wildman–Crippen LogP) is 0.617. The Bertz CT molecular complexity index is 547. The highest BCUT2D eigenvalue weighted by Crippen LogP contribution is 2.31. The number of fused-ring (bicyclic) bond motifs is 1. The van der Waals surface area contributed by atoms with Crippen LogP contribution in [0, 0.1) is 0 Å². The third-order valence-corrected chi connectivity index (χ3v) is 6.95. The zero-order chi connectivity index (χ0) is 15.9. The van der Waals surface area contributed by atoms with Crippen molar-refractivity contribution in [2.75, 3.05) is 25.4 Å². The molecule has 124 valence electrons. The molecule has 0 aromatic carbocycles. The van der Waals surface area contributed by atoms with E-state index in [0.717, 1.165) is 12.8 Å². The quantitative estimate of drug-likeness (QED) is 0.708. The number of nitrogens with zero attached hydrogens (tertiary/aromatic N) is 3. The van der Waals surface area contributed by atoms with Gasteiger partial charge in [0.05, 0.1) is 5.75 Å². The van der Waals surface area contributed by atoms with Crippen LogP contribution in [-0.4, -0.2) is 71.9 Å². The maximum Gasteiger partial charge on any atom is 0.327 e. The Kier molecular flexibility index (Phi) is 4.15. The summed E-state index contributed by atoms with van der Waals surface area (Å²) in [7, 11) is -3.19. The van der Waals surface area contributed by atoms with Crippen molar-refractivity contribution in [1.82, 2.24) is 14.1 Å². The lowest BCUT2D eigenvalue weighted by molar-refractivity contribution is -0.129. The van der Waals surface area contributed by atoms with Gasteiger partial charge >= 0.3 is 6.03 Å². The highest BCUT2D eigenvalue weighted by atomic mass is 32.2. The zero-order valence-corrected chi connectivity index (χ0v) is 13.7. The largest absolute Gasteiger partial charge is 0.327 e. The molecular weight excluding hydrogens is 306 g/mol. The van der Waals surface area contributed by atoms with Crippen LogP contribution in [0.2, 0.25) is 0 Å². The fourth-order valence-electron chi connectivity index (χ4n) is 3.75. The first kappa shape index (κ1) is 15.7. The van der Waals surface area contributed by atoms with Crippen molar-refractivity contribution in [1.29, 1.82) is 0 Å². The molecule has 0 spiro atoms. The Morgan fingerprint density at radius 2 is 1.77 bits per heavy atom. The number of piperidine rings is 1. The van der Waals surface area contributed by atoms with Crippen LogP contribution in [0.15, 0.2) is 0 Å². The molecule has 3 heterocycles. The monoisotopic (exact) mass is 329 g/mol. The van der Waals surface area contributed by atoms with Crippen molar-refractivity contribution in [3.05, 3.63) is 0 Å². The van der Waals surface area contributed by atoms with E-state index in [1.807, 2.05) is 6.92 Å². The van der Waals surface area contributed by atoms with E-state index in [2.05, 4.69) is 0 Å². The van der Waals surface area contributed by atoms with Gasteiger partial charge in [-0.1, -0.05) is 6.92 Å². The standard InChI is InChI=1S/C14H23N3O4S/c1-2-10-22(20,21)15-8-5-11(6-9-15)17-13(18)12-4-3-7-16(12)14(17)19/h11-12H,2-10H2,1H3. The number of amides is 3. The average molecular weight is 329 g/mol. The minimum atomic E-state index is -3.19. The van der Waals surface area contributed by atoms with E-state index in [4.69, 9.17) is 0 Å². The molecule has 7 nitrogen and oxygen atoms in total. The molecule has 3 rings (SSSR count). The Labute approximate surface area is 131 Å². The zero-order valence-electron chi connectivity index (χ0n) is 12.9. The van der Waals surface area contributed by atoms with E-state index >= 15 is 0 Å². The average Bonchev–Trinajstić information content (AvgIpc) is 3.04. The molecule has 1 unspecified atom stereocenters. The molecule has 22 heavy (non-hydrogen) atoms. The van der Waals surface area contributed by atoms with Gasteiger partial charge in [0, 0.05) is 25.7 Å². The number of carbonyl (C=O) groups excluding carboxylic acids is 2. The predicted molar refractivity (Wildman–Crippen MR) is 80.6 cm³/mol. The van der Waals surface area contributed by atoms with E-state index in [1.165, 1.54) is 9.21 Å².